The minimum absolute atomic E-state index is 0.138. The van der Waals surface area contributed by atoms with Gasteiger partial charge in [0.15, 0.2) is 5.16 Å². The van der Waals surface area contributed by atoms with Gasteiger partial charge in [-0.15, -0.1) is 0 Å². The van der Waals surface area contributed by atoms with Crippen molar-refractivity contribution < 1.29 is 14.3 Å². The van der Waals surface area contributed by atoms with Crippen molar-refractivity contribution in [1.82, 2.24) is 9.55 Å². The van der Waals surface area contributed by atoms with Crippen molar-refractivity contribution in [1.29, 1.82) is 0 Å². The molecule has 1 aromatic heterocycles. The highest BCUT2D eigenvalue weighted by Crippen LogP contribution is 2.23. The summed E-state index contributed by atoms with van der Waals surface area (Å²) in [5.74, 6) is 0.247. The number of carbonyl (C=O) groups excluding carboxylic acids is 1. The lowest BCUT2D eigenvalue weighted by molar-refractivity contribution is -0.141. The molecule has 128 valence electrons. The molecule has 7 heteroatoms. The van der Waals surface area contributed by atoms with Crippen molar-refractivity contribution in [2.24, 2.45) is 0 Å². The summed E-state index contributed by atoms with van der Waals surface area (Å²) in [6.07, 6.45) is 3.44. The molecular formula is C17H20N2O4S. The Balaban J connectivity index is 1.92. The van der Waals surface area contributed by atoms with Gasteiger partial charge in [0.2, 0.25) is 0 Å². The quantitative estimate of drug-likeness (QED) is 0.469. The number of esters is 1. The Morgan fingerprint density at radius 2 is 2.25 bits per heavy atom. The van der Waals surface area contributed by atoms with Crippen molar-refractivity contribution in [2.75, 3.05) is 19.5 Å². The van der Waals surface area contributed by atoms with Gasteiger partial charge in [-0.2, -0.15) is 0 Å². The molecule has 6 nitrogen and oxygen atoms in total. The Morgan fingerprint density at radius 3 is 3.00 bits per heavy atom. The molecule has 0 spiro atoms. The molecule has 1 fully saturated rings. The number of methoxy groups -OCH3 is 1. The maximum Gasteiger partial charge on any atom is 0.325 e. The molecule has 0 unspecified atom stereocenters. The van der Waals surface area contributed by atoms with E-state index < -0.39 is 5.97 Å². The molecule has 1 aliphatic heterocycles. The summed E-state index contributed by atoms with van der Waals surface area (Å²) in [6.45, 7) is 0.645. The molecule has 0 saturated carbocycles. The third kappa shape index (κ3) is 3.79. The standard InChI is InChI=1S/C17H20N2O4S/c1-22-15(20)10-19-16(21)13-7-2-3-8-14(13)18-17(19)24-11-12-6-4-5-9-23-12/h2-3,7-8,12H,4-6,9-11H2,1H3/t12-/m1/s1. The Bertz CT molecular complexity index is 784. The normalized spacial score (nSPS) is 17.8. The summed E-state index contributed by atoms with van der Waals surface area (Å²) in [5, 5.41) is 1.03. The molecule has 1 aliphatic rings. The van der Waals surface area contributed by atoms with Crippen LogP contribution in [0, 0.1) is 0 Å². The van der Waals surface area contributed by atoms with Crippen LogP contribution in [-0.4, -0.2) is 41.1 Å². The highest BCUT2D eigenvalue weighted by atomic mass is 32.2. The van der Waals surface area contributed by atoms with Gasteiger partial charge in [0, 0.05) is 12.4 Å². The molecule has 0 bridgehead atoms. The zero-order valence-electron chi connectivity index (χ0n) is 13.6. The van der Waals surface area contributed by atoms with E-state index in [0.717, 1.165) is 25.9 Å². The second kappa shape index (κ2) is 7.81. The molecule has 24 heavy (non-hydrogen) atoms. The van der Waals surface area contributed by atoms with Gasteiger partial charge < -0.3 is 9.47 Å². The molecule has 1 atom stereocenters. The highest BCUT2D eigenvalue weighted by Gasteiger charge is 2.18. The highest BCUT2D eigenvalue weighted by molar-refractivity contribution is 7.99. The predicted molar refractivity (Wildman–Crippen MR) is 92.3 cm³/mol. The molecule has 2 aromatic rings. The number of thioether (sulfide) groups is 1. The number of fused-ring (bicyclic) bond motifs is 1. The minimum Gasteiger partial charge on any atom is -0.468 e. The number of aromatic nitrogens is 2. The number of benzene rings is 1. The van der Waals surface area contributed by atoms with Crippen LogP contribution < -0.4 is 5.56 Å². The first-order valence-corrected chi connectivity index (χ1v) is 8.98. The SMILES string of the molecule is COC(=O)Cn1c(SC[C@H]2CCCCO2)nc2ccccc2c1=O. The average molecular weight is 348 g/mol. The van der Waals surface area contributed by atoms with Gasteiger partial charge in [-0.1, -0.05) is 23.9 Å². The number of carbonyl (C=O) groups is 1. The lowest BCUT2D eigenvalue weighted by atomic mass is 10.1. The summed E-state index contributed by atoms with van der Waals surface area (Å²) < 4.78 is 11.8. The molecule has 0 amide bonds. The second-order valence-electron chi connectivity index (χ2n) is 5.68. The van der Waals surface area contributed by atoms with Crippen molar-refractivity contribution >= 4 is 28.6 Å². The maximum atomic E-state index is 12.7. The lowest BCUT2D eigenvalue weighted by Gasteiger charge is -2.22. The fourth-order valence-electron chi connectivity index (χ4n) is 2.70. The smallest absolute Gasteiger partial charge is 0.325 e. The van der Waals surface area contributed by atoms with Gasteiger partial charge in [0.1, 0.15) is 6.54 Å². The van der Waals surface area contributed by atoms with Crippen LogP contribution in [0.3, 0.4) is 0 Å². The first-order chi connectivity index (χ1) is 11.7. The fraction of sp³-hybridized carbons (Fsp3) is 0.471. The molecule has 1 aromatic carbocycles. The summed E-state index contributed by atoms with van der Waals surface area (Å²) in [6, 6.07) is 7.16. The van der Waals surface area contributed by atoms with Crippen LogP contribution in [0.25, 0.3) is 10.9 Å². The molecule has 0 N–H and O–H groups in total. The van der Waals surface area contributed by atoms with Gasteiger partial charge >= 0.3 is 5.97 Å². The van der Waals surface area contributed by atoms with Gasteiger partial charge in [0.05, 0.1) is 24.1 Å². The fourth-order valence-corrected chi connectivity index (χ4v) is 3.76. The van der Waals surface area contributed by atoms with Crippen molar-refractivity contribution in [3.8, 4) is 0 Å². The number of para-hydroxylation sites is 1. The van der Waals surface area contributed by atoms with Crippen LogP contribution in [0.4, 0.5) is 0 Å². The van der Waals surface area contributed by atoms with E-state index in [2.05, 4.69) is 4.98 Å². The van der Waals surface area contributed by atoms with Gasteiger partial charge in [0.25, 0.3) is 5.56 Å². The summed E-state index contributed by atoms with van der Waals surface area (Å²) in [7, 11) is 1.31. The zero-order valence-corrected chi connectivity index (χ0v) is 14.4. The maximum absolute atomic E-state index is 12.7. The van der Waals surface area contributed by atoms with E-state index in [9.17, 15) is 9.59 Å². The third-order valence-electron chi connectivity index (χ3n) is 4.01. The van der Waals surface area contributed by atoms with E-state index in [1.807, 2.05) is 6.07 Å². The number of hydrogen-bond acceptors (Lipinski definition) is 6. The Hall–Kier alpha value is -1.86. The number of hydrogen-bond donors (Lipinski definition) is 0. The largest absolute Gasteiger partial charge is 0.468 e. The average Bonchev–Trinajstić information content (AvgIpc) is 2.63. The van der Waals surface area contributed by atoms with Gasteiger partial charge in [-0.3, -0.25) is 14.2 Å². The summed E-state index contributed by atoms with van der Waals surface area (Å²) in [5.41, 5.74) is 0.411. The van der Waals surface area contributed by atoms with Gasteiger partial charge in [-0.25, -0.2) is 4.98 Å². The molecule has 2 heterocycles. The summed E-state index contributed by atoms with van der Waals surface area (Å²) >= 11 is 1.45. The van der Waals surface area contributed by atoms with E-state index in [-0.39, 0.29) is 18.2 Å². The predicted octanol–water partition coefficient (Wildman–Crippen LogP) is 2.23. The molecule has 0 aliphatic carbocycles. The Labute approximate surface area is 144 Å². The van der Waals surface area contributed by atoms with Crippen molar-refractivity contribution in [2.45, 2.75) is 37.1 Å². The monoisotopic (exact) mass is 348 g/mol. The van der Waals surface area contributed by atoms with E-state index in [4.69, 9.17) is 9.47 Å². The Morgan fingerprint density at radius 1 is 1.42 bits per heavy atom. The molecule has 3 rings (SSSR count). The molecule has 1 saturated heterocycles. The number of ether oxygens (including phenoxy) is 2. The van der Waals surface area contributed by atoms with E-state index in [0.29, 0.717) is 21.8 Å². The topological polar surface area (TPSA) is 70.4 Å². The van der Waals surface area contributed by atoms with E-state index >= 15 is 0 Å². The van der Waals surface area contributed by atoms with Crippen molar-refractivity contribution in [3.63, 3.8) is 0 Å². The second-order valence-corrected chi connectivity index (χ2v) is 6.67. The van der Waals surface area contributed by atoms with Crippen LogP contribution in [0.2, 0.25) is 0 Å². The van der Waals surface area contributed by atoms with Crippen LogP contribution >= 0.6 is 11.8 Å². The van der Waals surface area contributed by atoms with Gasteiger partial charge in [-0.05, 0) is 31.4 Å². The zero-order chi connectivity index (χ0) is 16.9. The van der Waals surface area contributed by atoms with Crippen LogP contribution in [0.1, 0.15) is 19.3 Å². The number of nitrogens with zero attached hydrogens (tertiary/aromatic N) is 2. The lowest BCUT2D eigenvalue weighted by Crippen LogP contribution is -2.28. The minimum atomic E-state index is -0.468. The molecular weight excluding hydrogens is 328 g/mol. The Kier molecular flexibility index (Phi) is 5.52. The van der Waals surface area contributed by atoms with Crippen LogP contribution in [0.15, 0.2) is 34.2 Å². The third-order valence-corrected chi connectivity index (χ3v) is 5.12. The molecule has 0 radical (unpaired) electrons. The van der Waals surface area contributed by atoms with Crippen molar-refractivity contribution in [3.05, 3.63) is 34.6 Å². The number of rotatable bonds is 5. The summed E-state index contributed by atoms with van der Waals surface area (Å²) in [4.78, 5) is 29.0. The van der Waals surface area contributed by atoms with Crippen LogP contribution in [0.5, 0.6) is 0 Å². The van der Waals surface area contributed by atoms with E-state index in [1.165, 1.54) is 23.4 Å². The first kappa shape index (κ1) is 17.0. The van der Waals surface area contributed by atoms with Crippen LogP contribution in [-0.2, 0) is 20.8 Å². The first-order valence-electron chi connectivity index (χ1n) is 8.00. The van der Waals surface area contributed by atoms with E-state index in [1.54, 1.807) is 18.2 Å².